The number of hydrogen-bond donors (Lipinski definition) is 3. The lowest BCUT2D eigenvalue weighted by atomic mass is 9.91. The molecule has 0 aromatic heterocycles. The van der Waals surface area contributed by atoms with Crippen LogP contribution in [0, 0.1) is 0 Å². The van der Waals surface area contributed by atoms with Crippen molar-refractivity contribution in [3.8, 4) is 0 Å². The molecule has 0 amide bonds. The lowest BCUT2D eigenvalue weighted by Gasteiger charge is -2.27. The Labute approximate surface area is 97.0 Å². The number of benzene rings is 1. The fourth-order valence-corrected chi connectivity index (χ4v) is 3.05. The minimum atomic E-state index is -0.403. The molecule has 1 spiro atoms. The first-order valence-electron chi connectivity index (χ1n) is 5.18. The number of halogens is 1. The quantitative estimate of drug-likeness (QED) is 0.671. The molecule has 0 saturated carbocycles. The molecular formula is C11H13BrN2O. The predicted molar refractivity (Wildman–Crippen MR) is 62.9 cm³/mol. The lowest BCUT2D eigenvalue weighted by molar-refractivity contribution is 0.118. The summed E-state index contributed by atoms with van der Waals surface area (Å²) in [6, 6.07) is 5.96. The molecule has 2 aliphatic rings. The summed E-state index contributed by atoms with van der Waals surface area (Å²) in [5, 5.41) is 17.1. The first kappa shape index (κ1) is 9.63. The topological polar surface area (TPSA) is 44.3 Å². The average molecular weight is 269 g/mol. The molecule has 80 valence electrons. The highest BCUT2D eigenvalue weighted by molar-refractivity contribution is 9.10. The van der Waals surface area contributed by atoms with Gasteiger partial charge in [0.1, 0.15) is 6.10 Å². The zero-order chi connectivity index (χ0) is 10.5. The van der Waals surface area contributed by atoms with Gasteiger partial charge in [0.05, 0.1) is 11.2 Å². The molecule has 1 fully saturated rings. The van der Waals surface area contributed by atoms with Crippen molar-refractivity contribution >= 4 is 21.6 Å². The molecule has 0 bridgehead atoms. The Morgan fingerprint density at radius 1 is 1.47 bits per heavy atom. The van der Waals surface area contributed by atoms with Crippen LogP contribution in [0.1, 0.15) is 18.1 Å². The molecule has 1 saturated heterocycles. The molecule has 2 unspecified atom stereocenters. The SMILES string of the molecule is OC1c2cccc(Br)c2NC12CCNC2. The standard InChI is InChI=1S/C11H13BrN2O/c12-8-3-1-2-7-9(8)14-11(10(7)15)4-5-13-6-11/h1-3,10,13-15H,4-6H2. The van der Waals surface area contributed by atoms with Crippen LogP contribution in [0.15, 0.2) is 22.7 Å². The Morgan fingerprint density at radius 2 is 2.33 bits per heavy atom. The van der Waals surface area contributed by atoms with Crippen molar-refractivity contribution in [1.29, 1.82) is 0 Å². The van der Waals surface area contributed by atoms with Crippen LogP contribution >= 0.6 is 15.9 Å². The lowest BCUT2D eigenvalue weighted by Crippen LogP contribution is -2.41. The van der Waals surface area contributed by atoms with Gasteiger partial charge in [-0.15, -0.1) is 0 Å². The van der Waals surface area contributed by atoms with Crippen molar-refractivity contribution in [3.05, 3.63) is 28.2 Å². The maximum absolute atomic E-state index is 10.3. The minimum absolute atomic E-state index is 0.188. The second kappa shape index (κ2) is 3.20. The van der Waals surface area contributed by atoms with Gasteiger partial charge in [0.25, 0.3) is 0 Å². The molecule has 2 aliphatic heterocycles. The number of hydrogen-bond acceptors (Lipinski definition) is 3. The second-order valence-corrected chi connectivity index (χ2v) is 5.17. The van der Waals surface area contributed by atoms with Gasteiger partial charge in [-0.2, -0.15) is 0 Å². The van der Waals surface area contributed by atoms with E-state index in [9.17, 15) is 5.11 Å². The van der Waals surface area contributed by atoms with Crippen LogP contribution in [-0.4, -0.2) is 23.7 Å². The Bertz CT molecular complexity index is 402. The number of fused-ring (bicyclic) bond motifs is 1. The molecule has 15 heavy (non-hydrogen) atoms. The summed E-state index contributed by atoms with van der Waals surface area (Å²) >= 11 is 3.51. The maximum Gasteiger partial charge on any atom is 0.105 e. The van der Waals surface area contributed by atoms with E-state index in [1.807, 2.05) is 18.2 Å². The van der Waals surface area contributed by atoms with E-state index in [1.54, 1.807) is 0 Å². The second-order valence-electron chi connectivity index (χ2n) is 4.31. The third kappa shape index (κ3) is 1.25. The van der Waals surface area contributed by atoms with Crippen molar-refractivity contribution in [2.24, 2.45) is 0 Å². The van der Waals surface area contributed by atoms with E-state index in [0.29, 0.717) is 0 Å². The van der Waals surface area contributed by atoms with Crippen LogP contribution in [-0.2, 0) is 0 Å². The summed E-state index contributed by atoms with van der Waals surface area (Å²) in [6.07, 6.45) is 0.565. The van der Waals surface area contributed by atoms with E-state index in [1.165, 1.54) is 0 Å². The maximum atomic E-state index is 10.3. The smallest absolute Gasteiger partial charge is 0.105 e. The molecule has 0 aliphatic carbocycles. The summed E-state index contributed by atoms with van der Waals surface area (Å²) in [4.78, 5) is 0. The zero-order valence-corrected chi connectivity index (χ0v) is 9.84. The molecule has 3 nitrogen and oxygen atoms in total. The van der Waals surface area contributed by atoms with E-state index in [0.717, 1.165) is 35.2 Å². The fraction of sp³-hybridized carbons (Fsp3) is 0.455. The van der Waals surface area contributed by atoms with Crippen LogP contribution in [0.3, 0.4) is 0 Å². The third-order valence-corrected chi connectivity index (χ3v) is 4.09. The van der Waals surface area contributed by atoms with Gasteiger partial charge in [0.2, 0.25) is 0 Å². The molecule has 3 N–H and O–H groups in total. The summed E-state index contributed by atoms with van der Waals surface area (Å²) in [6.45, 7) is 1.80. The molecule has 2 heterocycles. The summed E-state index contributed by atoms with van der Waals surface area (Å²) in [5.74, 6) is 0. The van der Waals surface area contributed by atoms with Gasteiger partial charge in [0, 0.05) is 16.6 Å². The number of nitrogens with one attached hydrogen (secondary N) is 2. The van der Waals surface area contributed by atoms with Crippen molar-refractivity contribution < 1.29 is 5.11 Å². The summed E-state index contributed by atoms with van der Waals surface area (Å²) in [5.41, 5.74) is 1.87. The highest BCUT2D eigenvalue weighted by atomic mass is 79.9. The molecule has 3 rings (SSSR count). The molecule has 0 radical (unpaired) electrons. The largest absolute Gasteiger partial charge is 0.386 e. The van der Waals surface area contributed by atoms with Crippen molar-refractivity contribution in [1.82, 2.24) is 5.32 Å². The monoisotopic (exact) mass is 268 g/mol. The van der Waals surface area contributed by atoms with Crippen molar-refractivity contribution in [2.45, 2.75) is 18.1 Å². The fourth-order valence-electron chi connectivity index (χ4n) is 2.57. The highest BCUT2D eigenvalue weighted by Gasteiger charge is 2.47. The number of anilines is 1. The van der Waals surface area contributed by atoms with E-state index in [2.05, 4.69) is 26.6 Å². The van der Waals surface area contributed by atoms with Crippen LogP contribution in [0.4, 0.5) is 5.69 Å². The van der Waals surface area contributed by atoms with E-state index >= 15 is 0 Å². The van der Waals surface area contributed by atoms with Crippen LogP contribution in [0.5, 0.6) is 0 Å². The highest BCUT2D eigenvalue weighted by Crippen LogP contribution is 2.46. The minimum Gasteiger partial charge on any atom is -0.386 e. The first-order valence-corrected chi connectivity index (χ1v) is 5.98. The normalized spacial score (nSPS) is 33.1. The van der Waals surface area contributed by atoms with E-state index in [-0.39, 0.29) is 5.54 Å². The zero-order valence-electron chi connectivity index (χ0n) is 8.26. The van der Waals surface area contributed by atoms with Gasteiger partial charge in [-0.1, -0.05) is 12.1 Å². The van der Waals surface area contributed by atoms with Crippen LogP contribution in [0.25, 0.3) is 0 Å². The van der Waals surface area contributed by atoms with Crippen molar-refractivity contribution in [2.75, 3.05) is 18.4 Å². The average Bonchev–Trinajstić information content (AvgIpc) is 2.79. The Balaban J connectivity index is 2.08. The predicted octanol–water partition coefficient (Wildman–Crippen LogP) is 1.64. The Hall–Kier alpha value is -0.580. The summed E-state index contributed by atoms with van der Waals surface area (Å²) < 4.78 is 1.03. The molecule has 1 aromatic rings. The number of aliphatic hydroxyl groups is 1. The van der Waals surface area contributed by atoms with Gasteiger partial charge in [-0.3, -0.25) is 0 Å². The number of rotatable bonds is 0. The van der Waals surface area contributed by atoms with Gasteiger partial charge in [0.15, 0.2) is 0 Å². The van der Waals surface area contributed by atoms with Gasteiger partial charge >= 0.3 is 0 Å². The van der Waals surface area contributed by atoms with E-state index in [4.69, 9.17) is 0 Å². The van der Waals surface area contributed by atoms with Crippen LogP contribution < -0.4 is 10.6 Å². The molecular weight excluding hydrogens is 256 g/mol. The first-order chi connectivity index (χ1) is 7.23. The Morgan fingerprint density at radius 3 is 3.00 bits per heavy atom. The van der Waals surface area contributed by atoms with Gasteiger partial charge < -0.3 is 15.7 Å². The summed E-state index contributed by atoms with van der Waals surface area (Å²) in [7, 11) is 0. The molecule has 2 atom stereocenters. The Kier molecular flexibility index (Phi) is 2.06. The number of para-hydroxylation sites is 1. The van der Waals surface area contributed by atoms with E-state index < -0.39 is 6.10 Å². The molecule has 1 aromatic carbocycles. The van der Waals surface area contributed by atoms with Gasteiger partial charge in [-0.05, 0) is 35.0 Å². The van der Waals surface area contributed by atoms with Crippen LogP contribution in [0.2, 0.25) is 0 Å². The van der Waals surface area contributed by atoms with Gasteiger partial charge in [-0.25, -0.2) is 0 Å². The molecule has 4 heteroatoms. The number of aliphatic hydroxyl groups excluding tert-OH is 1. The van der Waals surface area contributed by atoms with Crippen molar-refractivity contribution in [3.63, 3.8) is 0 Å². The third-order valence-electron chi connectivity index (χ3n) is 3.43.